The van der Waals surface area contributed by atoms with Crippen molar-refractivity contribution in [2.45, 2.75) is 13.3 Å². The van der Waals surface area contributed by atoms with Crippen molar-refractivity contribution < 1.29 is 9.52 Å². The minimum absolute atomic E-state index is 0.238. The Kier molecular flexibility index (Phi) is 7.82. The number of benzene rings is 7. The maximum atomic E-state index is 11.6. The number of rotatable bonds is 6. The fraction of sp³-hybridized carbons (Fsp3) is 0.0612. The fourth-order valence-electron chi connectivity index (χ4n) is 7.77. The summed E-state index contributed by atoms with van der Waals surface area (Å²) in [6.07, 6.45) is 7.44. The van der Waals surface area contributed by atoms with E-state index in [4.69, 9.17) is 10.2 Å². The molecule has 3 nitrogen and oxygen atoms in total. The Hall–Kier alpha value is -6.58. The molecule has 1 aliphatic carbocycles. The number of fused-ring (bicyclic) bond motifs is 3. The van der Waals surface area contributed by atoms with Gasteiger partial charge in [0, 0.05) is 16.6 Å². The van der Waals surface area contributed by atoms with Crippen molar-refractivity contribution in [3.05, 3.63) is 175 Å². The molecule has 250 valence electrons. The van der Waals surface area contributed by atoms with Crippen LogP contribution in [0, 0.1) is 5.92 Å². The lowest BCUT2D eigenvalue weighted by molar-refractivity contribution is 0.477. The van der Waals surface area contributed by atoms with Crippen molar-refractivity contribution in [1.29, 1.82) is 0 Å². The number of phenols is 1. The molecular weight excluding hydrogens is 635 g/mol. The molecule has 0 aliphatic heterocycles. The number of anilines is 1. The van der Waals surface area contributed by atoms with Crippen LogP contribution in [-0.4, -0.2) is 5.11 Å². The van der Waals surface area contributed by atoms with Crippen LogP contribution in [0.5, 0.6) is 5.75 Å². The summed E-state index contributed by atoms with van der Waals surface area (Å²) < 4.78 is 6.55. The summed E-state index contributed by atoms with van der Waals surface area (Å²) in [6.45, 7) is 2.24. The van der Waals surface area contributed by atoms with Gasteiger partial charge >= 0.3 is 0 Å². The summed E-state index contributed by atoms with van der Waals surface area (Å²) in [5, 5.41) is 13.5. The van der Waals surface area contributed by atoms with Gasteiger partial charge in [0.2, 0.25) is 0 Å². The molecule has 0 radical (unpaired) electrons. The number of aromatic hydroxyl groups is 1. The predicted molar refractivity (Wildman–Crippen MR) is 218 cm³/mol. The summed E-state index contributed by atoms with van der Waals surface area (Å²) in [7, 11) is 0. The van der Waals surface area contributed by atoms with E-state index in [1.165, 1.54) is 16.7 Å². The third-order valence-corrected chi connectivity index (χ3v) is 10.4. The van der Waals surface area contributed by atoms with Crippen LogP contribution in [0.15, 0.2) is 174 Å². The summed E-state index contributed by atoms with van der Waals surface area (Å²) in [5.74, 6) is 0.553. The summed E-state index contributed by atoms with van der Waals surface area (Å²) in [4.78, 5) is 0. The van der Waals surface area contributed by atoms with Crippen LogP contribution in [0.2, 0.25) is 0 Å². The molecule has 0 fully saturated rings. The lowest BCUT2D eigenvalue weighted by atomic mass is 9.82. The second kappa shape index (κ2) is 12.9. The Morgan fingerprint density at radius 1 is 0.538 bits per heavy atom. The molecule has 1 aromatic heterocycles. The van der Waals surface area contributed by atoms with E-state index in [9.17, 15) is 5.11 Å². The minimum Gasteiger partial charge on any atom is -0.507 e. The SMILES string of the molecule is CC1CC=CC=C1c1cc(-c2cc(N)c3c(c2)oc2cccc(-c4cccc(-c5ccc(-c6ccccc6)cc5)c4)c23)cc(O)c1-c1ccccc1. The second-order valence-electron chi connectivity index (χ2n) is 13.7. The Labute approximate surface area is 303 Å². The first-order valence-corrected chi connectivity index (χ1v) is 17.8. The largest absolute Gasteiger partial charge is 0.507 e. The van der Waals surface area contributed by atoms with Gasteiger partial charge in [-0.25, -0.2) is 0 Å². The number of hydrogen-bond donors (Lipinski definition) is 2. The number of hydrogen-bond acceptors (Lipinski definition) is 3. The van der Waals surface area contributed by atoms with Crippen LogP contribution >= 0.6 is 0 Å². The highest BCUT2D eigenvalue weighted by atomic mass is 16.3. The maximum absolute atomic E-state index is 11.6. The highest BCUT2D eigenvalue weighted by Gasteiger charge is 2.22. The van der Waals surface area contributed by atoms with Crippen molar-refractivity contribution in [3.63, 3.8) is 0 Å². The number of nitrogen functional groups attached to an aromatic ring is 1. The summed E-state index contributed by atoms with van der Waals surface area (Å²) in [5.41, 5.74) is 21.8. The monoisotopic (exact) mass is 671 g/mol. The Morgan fingerprint density at radius 2 is 1.17 bits per heavy atom. The van der Waals surface area contributed by atoms with Gasteiger partial charge in [-0.3, -0.25) is 0 Å². The van der Waals surface area contributed by atoms with E-state index in [1.54, 1.807) is 0 Å². The van der Waals surface area contributed by atoms with Crippen molar-refractivity contribution >= 4 is 33.2 Å². The molecule has 0 amide bonds. The van der Waals surface area contributed by atoms with Crippen LogP contribution in [-0.2, 0) is 0 Å². The zero-order chi connectivity index (χ0) is 35.2. The molecule has 1 heterocycles. The van der Waals surface area contributed by atoms with Crippen LogP contribution < -0.4 is 5.73 Å². The molecule has 0 saturated heterocycles. The molecule has 3 N–H and O–H groups in total. The number of allylic oxidation sites excluding steroid dienone is 4. The smallest absolute Gasteiger partial charge is 0.138 e. The highest BCUT2D eigenvalue weighted by Crippen LogP contribution is 2.46. The second-order valence-corrected chi connectivity index (χ2v) is 13.7. The number of nitrogens with two attached hydrogens (primary N) is 1. The summed E-state index contributed by atoms with van der Waals surface area (Å²) in [6, 6.07) is 52.3. The zero-order valence-corrected chi connectivity index (χ0v) is 28.9. The van der Waals surface area contributed by atoms with Gasteiger partial charge in [0.25, 0.3) is 0 Å². The van der Waals surface area contributed by atoms with E-state index in [0.29, 0.717) is 17.2 Å². The average molecular weight is 672 g/mol. The number of furan rings is 1. The quantitative estimate of drug-likeness (QED) is 0.173. The molecular formula is C49H37NO2. The highest BCUT2D eigenvalue weighted by molar-refractivity contribution is 6.18. The van der Waals surface area contributed by atoms with Gasteiger partial charge in [0.05, 0.1) is 5.39 Å². The van der Waals surface area contributed by atoms with Crippen LogP contribution in [0.25, 0.3) is 83.1 Å². The first-order chi connectivity index (χ1) is 25.5. The van der Waals surface area contributed by atoms with E-state index in [0.717, 1.165) is 72.8 Å². The van der Waals surface area contributed by atoms with Crippen molar-refractivity contribution in [2.24, 2.45) is 5.92 Å². The first kappa shape index (κ1) is 31.4. The third-order valence-electron chi connectivity index (χ3n) is 10.4. The lowest BCUT2D eigenvalue weighted by Gasteiger charge is -2.22. The van der Waals surface area contributed by atoms with E-state index in [1.807, 2.05) is 48.5 Å². The van der Waals surface area contributed by atoms with Crippen LogP contribution in [0.4, 0.5) is 5.69 Å². The van der Waals surface area contributed by atoms with Gasteiger partial charge in [-0.1, -0.05) is 140 Å². The zero-order valence-electron chi connectivity index (χ0n) is 28.9. The summed E-state index contributed by atoms with van der Waals surface area (Å²) >= 11 is 0. The van der Waals surface area contributed by atoms with Gasteiger partial charge in [0.15, 0.2) is 0 Å². The molecule has 8 aromatic rings. The van der Waals surface area contributed by atoms with Crippen LogP contribution in [0.1, 0.15) is 18.9 Å². The lowest BCUT2D eigenvalue weighted by Crippen LogP contribution is -2.03. The molecule has 0 spiro atoms. The van der Waals surface area contributed by atoms with E-state index in [-0.39, 0.29) is 5.75 Å². The molecule has 0 saturated carbocycles. The predicted octanol–water partition coefficient (Wildman–Crippen LogP) is 13.2. The fourth-order valence-corrected chi connectivity index (χ4v) is 7.77. The maximum Gasteiger partial charge on any atom is 0.138 e. The molecule has 52 heavy (non-hydrogen) atoms. The average Bonchev–Trinajstić information content (AvgIpc) is 3.58. The Balaban J connectivity index is 1.14. The normalized spacial score (nSPS) is 14.2. The van der Waals surface area contributed by atoms with Crippen molar-refractivity contribution in [3.8, 4) is 61.4 Å². The van der Waals surface area contributed by atoms with E-state index >= 15 is 0 Å². The minimum atomic E-state index is 0.238. The molecule has 1 aliphatic rings. The van der Waals surface area contributed by atoms with E-state index < -0.39 is 0 Å². The van der Waals surface area contributed by atoms with Crippen molar-refractivity contribution in [1.82, 2.24) is 0 Å². The molecule has 1 atom stereocenters. The molecule has 0 bridgehead atoms. The Morgan fingerprint density at radius 3 is 1.92 bits per heavy atom. The van der Waals surface area contributed by atoms with Gasteiger partial charge in [-0.05, 0) is 110 Å². The molecule has 1 unspecified atom stereocenters. The number of phenolic OH excluding ortho intramolecular Hbond substituents is 1. The first-order valence-electron chi connectivity index (χ1n) is 17.8. The van der Waals surface area contributed by atoms with Gasteiger partial charge in [-0.15, -0.1) is 0 Å². The third kappa shape index (κ3) is 5.57. The molecule has 9 rings (SSSR count). The molecule has 3 heteroatoms. The van der Waals surface area contributed by atoms with Gasteiger partial charge < -0.3 is 15.3 Å². The Bertz CT molecular complexity index is 2660. The molecule has 7 aromatic carbocycles. The standard InChI is InChI=1S/C49H37NO2/c1-31-12-8-9-19-40(31)42-27-38(29-44(51)47(42)35-15-6-3-7-16-35)39-28-43(50)49-46(30-39)52-45-21-11-20-41(48(45)49)37-18-10-17-36(26-37)34-24-22-33(23-25-34)32-13-4-2-5-14-32/h2-11,13-31,51H,12,50H2,1H3. The van der Waals surface area contributed by atoms with Gasteiger partial charge in [0.1, 0.15) is 16.9 Å². The van der Waals surface area contributed by atoms with Crippen molar-refractivity contribution in [2.75, 3.05) is 5.73 Å². The van der Waals surface area contributed by atoms with Crippen LogP contribution in [0.3, 0.4) is 0 Å². The topological polar surface area (TPSA) is 59.4 Å². The van der Waals surface area contributed by atoms with Gasteiger partial charge in [-0.2, -0.15) is 0 Å². The van der Waals surface area contributed by atoms with E-state index in [2.05, 4.69) is 128 Å².